The quantitative estimate of drug-likeness (QED) is 0.786. The normalized spacial score (nSPS) is 18.4. The van der Waals surface area contributed by atoms with Gasteiger partial charge in [-0.25, -0.2) is 4.39 Å². The number of carbonyl (C=O) groups excluding carboxylic acids is 2. The van der Waals surface area contributed by atoms with Gasteiger partial charge in [-0.15, -0.1) is 0 Å². The van der Waals surface area contributed by atoms with E-state index in [1.165, 1.54) is 31.7 Å². The zero-order chi connectivity index (χ0) is 18.7. The monoisotopic (exact) mass is 425 g/mol. The smallest absolute Gasteiger partial charge is 0.253 e. The highest BCUT2D eigenvalue weighted by Gasteiger charge is 2.26. The van der Waals surface area contributed by atoms with Gasteiger partial charge in [0.2, 0.25) is 5.91 Å². The molecule has 2 N–H and O–H groups in total. The molecule has 1 saturated carbocycles. The minimum absolute atomic E-state index is 0.0887. The number of piperazine rings is 1. The largest absolute Gasteiger partial charge is 0.367 e. The Balaban J connectivity index is 1.60. The highest BCUT2D eigenvalue weighted by molar-refractivity contribution is 9.10. The number of amides is 2. The Hall–Kier alpha value is -1.63. The molecule has 0 unspecified atom stereocenters. The first-order chi connectivity index (χ1) is 12.5. The molecule has 1 heterocycles. The molecule has 1 aliphatic carbocycles. The zero-order valence-corrected chi connectivity index (χ0v) is 16.4. The number of benzene rings is 1. The molecule has 1 saturated heterocycles. The molecule has 0 atom stereocenters. The Morgan fingerprint density at radius 1 is 1.15 bits per heavy atom. The van der Waals surface area contributed by atoms with E-state index in [1.807, 2.05) is 9.80 Å². The van der Waals surface area contributed by atoms with Crippen molar-refractivity contribution < 1.29 is 14.0 Å². The van der Waals surface area contributed by atoms with Gasteiger partial charge in [0.25, 0.3) is 5.91 Å². The number of nitrogens with zero attached hydrogens (tertiary/aromatic N) is 2. The Bertz CT molecular complexity index is 684. The number of anilines is 1. The summed E-state index contributed by atoms with van der Waals surface area (Å²) >= 11 is 3.27. The van der Waals surface area contributed by atoms with Gasteiger partial charge in [0.1, 0.15) is 5.82 Å². The van der Waals surface area contributed by atoms with Crippen LogP contribution in [0.25, 0.3) is 0 Å². The lowest BCUT2D eigenvalue weighted by Crippen LogP contribution is -2.49. The van der Waals surface area contributed by atoms with Crippen LogP contribution in [-0.4, -0.2) is 42.9 Å². The van der Waals surface area contributed by atoms with E-state index in [1.54, 1.807) is 6.07 Å². The van der Waals surface area contributed by atoms with Gasteiger partial charge < -0.3 is 15.5 Å². The van der Waals surface area contributed by atoms with Gasteiger partial charge in [-0.05, 0) is 24.5 Å². The van der Waals surface area contributed by atoms with Crippen molar-refractivity contribution in [2.24, 2.45) is 11.7 Å². The third kappa shape index (κ3) is 4.37. The molecule has 26 heavy (non-hydrogen) atoms. The predicted octanol–water partition coefficient (Wildman–Crippen LogP) is 3.31. The van der Waals surface area contributed by atoms with Crippen molar-refractivity contribution >= 4 is 33.4 Å². The SMILES string of the molecule is NC(=O)c1c(F)cc(Br)cc1N1CCN(C(=O)CCC2CCCC2)CC1. The molecule has 0 aromatic heterocycles. The van der Waals surface area contributed by atoms with Crippen LogP contribution in [0.2, 0.25) is 0 Å². The molecular formula is C19H25BrFN3O2. The molecule has 1 aliphatic heterocycles. The Morgan fingerprint density at radius 3 is 2.42 bits per heavy atom. The topological polar surface area (TPSA) is 66.6 Å². The van der Waals surface area contributed by atoms with Crippen molar-refractivity contribution in [3.63, 3.8) is 0 Å². The van der Waals surface area contributed by atoms with Crippen LogP contribution in [0.5, 0.6) is 0 Å². The number of carbonyl (C=O) groups is 2. The van der Waals surface area contributed by atoms with Crippen molar-refractivity contribution in [3.05, 3.63) is 28.0 Å². The minimum atomic E-state index is -0.778. The first-order valence-corrected chi connectivity index (χ1v) is 10.1. The fraction of sp³-hybridized carbons (Fsp3) is 0.579. The Labute approximate surface area is 161 Å². The van der Waals surface area contributed by atoms with Crippen molar-refractivity contribution in [3.8, 4) is 0 Å². The summed E-state index contributed by atoms with van der Waals surface area (Å²) in [4.78, 5) is 27.9. The van der Waals surface area contributed by atoms with E-state index in [9.17, 15) is 14.0 Å². The first-order valence-electron chi connectivity index (χ1n) is 9.27. The van der Waals surface area contributed by atoms with Crippen molar-refractivity contribution in [1.29, 1.82) is 0 Å². The highest BCUT2D eigenvalue weighted by atomic mass is 79.9. The summed E-state index contributed by atoms with van der Waals surface area (Å²) in [6.07, 6.45) is 6.70. The summed E-state index contributed by atoms with van der Waals surface area (Å²) in [5.41, 5.74) is 5.76. The second kappa shape index (κ2) is 8.37. The Morgan fingerprint density at radius 2 is 1.81 bits per heavy atom. The summed E-state index contributed by atoms with van der Waals surface area (Å²) in [6, 6.07) is 2.95. The van der Waals surface area contributed by atoms with Crippen molar-refractivity contribution in [2.75, 3.05) is 31.1 Å². The lowest BCUT2D eigenvalue weighted by Gasteiger charge is -2.37. The Kier molecular flexibility index (Phi) is 6.16. The zero-order valence-electron chi connectivity index (χ0n) is 14.8. The molecule has 142 valence electrons. The van der Waals surface area contributed by atoms with Gasteiger partial charge >= 0.3 is 0 Å². The van der Waals surface area contributed by atoms with Gasteiger partial charge in [0.15, 0.2) is 0 Å². The second-order valence-electron chi connectivity index (χ2n) is 7.20. The van der Waals surface area contributed by atoms with Crippen LogP contribution in [0.4, 0.5) is 10.1 Å². The molecule has 0 spiro atoms. The fourth-order valence-corrected chi connectivity index (χ4v) is 4.45. The maximum Gasteiger partial charge on any atom is 0.253 e. The summed E-state index contributed by atoms with van der Waals surface area (Å²) < 4.78 is 14.7. The molecule has 1 aromatic rings. The van der Waals surface area contributed by atoms with Crippen LogP contribution >= 0.6 is 15.9 Å². The van der Waals surface area contributed by atoms with Crippen molar-refractivity contribution in [2.45, 2.75) is 38.5 Å². The predicted molar refractivity (Wildman–Crippen MR) is 103 cm³/mol. The molecule has 0 radical (unpaired) electrons. The minimum Gasteiger partial charge on any atom is -0.367 e. The van der Waals surface area contributed by atoms with Crippen LogP contribution in [0.1, 0.15) is 48.9 Å². The molecule has 2 amide bonds. The average molecular weight is 426 g/mol. The highest BCUT2D eigenvalue weighted by Crippen LogP contribution is 2.30. The molecular weight excluding hydrogens is 401 g/mol. The average Bonchev–Trinajstić information content (AvgIpc) is 3.12. The molecule has 3 rings (SSSR count). The lowest BCUT2D eigenvalue weighted by molar-refractivity contribution is -0.131. The van der Waals surface area contributed by atoms with E-state index in [-0.39, 0.29) is 11.5 Å². The van der Waals surface area contributed by atoms with Crippen LogP contribution in [0.3, 0.4) is 0 Å². The van der Waals surface area contributed by atoms with E-state index in [0.717, 1.165) is 6.42 Å². The lowest BCUT2D eigenvalue weighted by atomic mass is 10.0. The third-order valence-electron chi connectivity index (χ3n) is 5.49. The maximum absolute atomic E-state index is 14.1. The summed E-state index contributed by atoms with van der Waals surface area (Å²) in [5, 5.41) is 0. The number of primary amides is 1. The second-order valence-corrected chi connectivity index (χ2v) is 8.12. The molecule has 2 aliphatic rings. The first kappa shape index (κ1) is 19.1. The van der Waals surface area contributed by atoms with Gasteiger partial charge in [0.05, 0.1) is 11.3 Å². The summed E-state index contributed by atoms with van der Waals surface area (Å²) in [7, 11) is 0. The van der Waals surface area contributed by atoms with E-state index in [2.05, 4.69) is 15.9 Å². The number of rotatable bonds is 5. The van der Waals surface area contributed by atoms with Gasteiger partial charge in [-0.3, -0.25) is 9.59 Å². The maximum atomic E-state index is 14.1. The number of hydrogen-bond donors (Lipinski definition) is 1. The van der Waals surface area contributed by atoms with Crippen LogP contribution < -0.4 is 10.6 Å². The van der Waals surface area contributed by atoms with Crippen molar-refractivity contribution in [1.82, 2.24) is 4.90 Å². The van der Waals surface area contributed by atoms with E-state index in [0.29, 0.717) is 48.7 Å². The number of halogens is 2. The summed E-state index contributed by atoms with van der Waals surface area (Å²) in [6.45, 7) is 2.28. The van der Waals surface area contributed by atoms with E-state index in [4.69, 9.17) is 5.73 Å². The van der Waals surface area contributed by atoms with Crippen LogP contribution in [-0.2, 0) is 4.79 Å². The summed E-state index contributed by atoms with van der Waals surface area (Å²) in [5.74, 6) is -0.493. The molecule has 0 bridgehead atoms. The van der Waals surface area contributed by atoms with Gasteiger partial charge in [-0.1, -0.05) is 41.6 Å². The standard InChI is InChI=1S/C19H25BrFN3O2/c20-14-11-15(21)18(19(22)26)16(12-14)23-7-9-24(10-8-23)17(25)6-5-13-3-1-2-4-13/h11-13H,1-10H2,(H2,22,26). The van der Waals surface area contributed by atoms with Gasteiger partial charge in [0, 0.05) is 37.1 Å². The molecule has 7 heteroatoms. The third-order valence-corrected chi connectivity index (χ3v) is 5.95. The number of hydrogen-bond acceptors (Lipinski definition) is 3. The molecule has 5 nitrogen and oxygen atoms in total. The fourth-order valence-electron chi connectivity index (χ4n) is 4.03. The van der Waals surface area contributed by atoms with E-state index >= 15 is 0 Å². The van der Waals surface area contributed by atoms with E-state index < -0.39 is 11.7 Å². The van der Waals surface area contributed by atoms with Crippen LogP contribution in [0.15, 0.2) is 16.6 Å². The molecule has 2 fully saturated rings. The number of nitrogens with two attached hydrogens (primary N) is 1. The van der Waals surface area contributed by atoms with Gasteiger partial charge in [-0.2, -0.15) is 0 Å². The van der Waals surface area contributed by atoms with Crippen LogP contribution in [0, 0.1) is 11.7 Å². The molecule has 1 aromatic carbocycles.